The van der Waals surface area contributed by atoms with Gasteiger partial charge in [0, 0.05) is 110 Å². The van der Waals surface area contributed by atoms with Crippen LogP contribution in [0.3, 0.4) is 0 Å². The largest absolute Gasteiger partial charge is 0.309 e. The van der Waals surface area contributed by atoms with Crippen molar-refractivity contribution in [3.63, 3.8) is 0 Å². The van der Waals surface area contributed by atoms with Crippen molar-refractivity contribution in [2.24, 2.45) is 0 Å². The molecule has 0 N–H and O–H groups in total. The summed E-state index contributed by atoms with van der Waals surface area (Å²) in [5, 5.41) is 11.9. The van der Waals surface area contributed by atoms with Crippen molar-refractivity contribution in [3.8, 4) is 147 Å². The zero-order valence-corrected chi connectivity index (χ0v) is 68.2. The zero-order chi connectivity index (χ0) is 83.4. The standard InChI is InChI=1S/2C58H37N5/c1-3-16-40(17-4-1)55-50-28-15-27-46(54(50)49-26-7-10-29-51(49)59-55)39-34-32-38(33-35-39)42-20-13-21-43(36-42)57-60-56(41-18-5-2-6-19-41)61-58(62-57)44-22-14-23-45(37-44)63-52-30-11-8-24-47(52)48-25-9-12-31-53(48)63;1-3-15-40(16-4-1)55-50-25-14-24-46(54(50)49-23-7-10-26-51(49)59-55)39-31-29-38(30-32-39)43-19-13-20-44(37-43)58-61-56(41-17-5-2-6-18-41)60-57(62-58)42-33-35-45(36-34-42)63-52-27-11-8-21-47(52)48-22-9-12-28-53(48)63/h2*1-37H. The van der Waals surface area contributed by atoms with Gasteiger partial charge in [-0.1, -0.05) is 364 Å². The molecule has 18 aromatic carbocycles. The van der Waals surface area contributed by atoms with Gasteiger partial charge in [0.25, 0.3) is 0 Å². The minimum Gasteiger partial charge on any atom is -0.309 e. The Bertz CT molecular complexity index is 8190. The van der Waals surface area contributed by atoms with E-state index in [4.69, 9.17) is 39.9 Å². The smallest absolute Gasteiger partial charge is 0.164 e. The Morgan fingerprint density at radius 3 is 0.794 bits per heavy atom. The summed E-state index contributed by atoms with van der Waals surface area (Å²) >= 11 is 0. The van der Waals surface area contributed by atoms with Gasteiger partial charge in [0.2, 0.25) is 0 Å². The van der Waals surface area contributed by atoms with E-state index in [9.17, 15) is 0 Å². The molecule has 0 bridgehead atoms. The summed E-state index contributed by atoms with van der Waals surface area (Å²) in [5.74, 6) is 3.73. The number of para-hydroxylation sites is 6. The summed E-state index contributed by atoms with van der Waals surface area (Å²) in [6.45, 7) is 0. The molecule has 0 amide bonds. The number of pyridine rings is 2. The van der Waals surface area contributed by atoms with Crippen molar-refractivity contribution in [3.05, 3.63) is 449 Å². The monoisotopic (exact) mass is 1610 g/mol. The molecule has 0 aliphatic rings. The van der Waals surface area contributed by atoms with Crippen LogP contribution >= 0.6 is 0 Å². The normalized spacial score (nSPS) is 11.5. The van der Waals surface area contributed by atoms with Crippen LogP contribution < -0.4 is 0 Å². The third kappa shape index (κ3) is 13.6. The lowest BCUT2D eigenvalue weighted by molar-refractivity contribution is 1.07. The second-order valence-electron chi connectivity index (χ2n) is 31.6. The molecule has 0 saturated heterocycles. The van der Waals surface area contributed by atoms with Crippen LogP contribution in [0.15, 0.2) is 449 Å². The van der Waals surface area contributed by atoms with E-state index < -0.39 is 0 Å². The first-order valence-corrected chi connectivity index (χ1v) is 42.4. The molecule has 0 saturated carbocycles. The first-order chi connectivity index (χ1) is 62.5. The summed E-state index contributed by atoms with van der Waals surface area (Å²) in [6.07, 6.45) is 0. The molecule has 588 valence electrons. The molecular formula is C116H74N10. The fourth-order valence-electron chi connectivity index (χ4n) is 18.1. The Kier molecular flexibility index (Phi) is 18.7. The molecule has 0 aliphatic carbocycles. The van der Waals surface area contributed by atoms with Crippen LogP contribution in [0, 0.1) is 0 Å². The van der Waals surface area contributed by atoms with E-state index in [1.807, 2.05) is 72.8 Å². The second-order valence-corrected chi connectivity index (χ2v) is 31.6. The van der Waals surface area contributed by atoms with E-state index in [2.05, 4.69) is 385 Å². The third-order valence-electron chi connectivity index (χ3n) is 24.1. The molecule has 0 unspecified atom stereocenters. The maximum absolute atomic E-state index is 5.18. The minimum atomic E-state index is 0.615. The SMILES string of the molecule is c1ccc(-c2nc(-c3ccc(-n4c5ccccc5c5ccccc54)cc3)nc(-c3cccc(-c4ccc(-c5cccc6c(-c7ccccc7)nc7ccccc7c56)cc4)c3)n2)cc1.c1ccc(-c2nc(-c3cccc(-c4ccc(-c5cccc6c(-c7ccccc7)nc7ccccc7c56)cc4)c3)nc(-c3cccc(-n4c5ccccc5c5ccccc54)c3)n2)cc1. The van der Waals surface area contributed by atoms with Gasteiger partial charge >= 0.3 is 0 Å². The maximum atomic E-state index is 5.18. The quantitative estimate of drug-likeness (QED) is 0.0990. The molecular weight excluding hydrogens is 1530 g/mol. The lowest BCUT2D eigenvalue weighted by atomic mass is 9.92. The molecule has 6 heterocycles. The number of hydrogen-bond acceptors (Lipinski definition) is 8. The lowest BCUT2D eigenvalue weighted by Crippen LogP contribution is -2.01. The van der Waals surface area contributed by atoms with Gasteiger partial charge in [0.05, 0.1) is 44.5 Å². The Balaban J connectivity index is 0.000000145. The van der Waals surface area contributed by atoms with Gasteiger partial charge in [-0.3, -0.25) is 0 Å². The number of benzene rings is 18. The van der Waals surface area contributed by atoms with Crippen LogP contribution in [0.1, 0.15) is 0 Å². The van der Waals surface area contributed by atoms with Crippen LogP contribution in [-0.2, 0) is 0 Å². The number of fused-ring (bicyclic) bond motifs is 12. The molecule has 10 nitrogen and oxygen atoms in total. The molecule has 24 rings (SSSR count). The van der Waals surface area contributed by atoms with Crippen LogP contribution in [0.4, 0.5) is 0 Å². The van der Waals surface area contributed by atoms with Crippen LogP contribution in [0.2, 0.25) is 0 Å². The Labute approximate surface area is 726 Å². The molecule has 126 heavy (non-hydrogen) atoms. The Hall–Kier alpha value is -17.1. The number of nitrogens with zero attached hydrogens (tertiary/aromatic N) is 10. The van der Waals surface area contributed by atoms with Crippen molar-refractivity contribution in [2.75, 3.05) is 0 Å². The van der Waals surface area contributed by atoms with Crippen LogP contribution in [0.5, 0.6) is 0 Å². The van der Waals surface area contributed by atoms with E-state index in [1.165, 1.54) is 54.5 Å². The highest BCUT2D eigenvalue weighted by atomic mass is 15.1. The number of hydrogen-bond donors (Lipinski definition) is 0. The van der Waals surface area contributed by atoms with Gasteiger partial charge in [0.1, 0.15) is 0 Å². The van der Waals surface area contributed by atoms with E-state index in [-0.39, 0.29) is 0 Å². The van der Waals surface area contributed by atoms with E-state index in [1.54, 1.807) is 0 Å². The van der Waals surface area contributed by atoms with Crippen molar-refractivity contribution in [2.45, 2.75) is 0 Å². The topological polar surface area (TPSA) is 113 Å². The van der Waals surface area contributed by atoms with E-state index in [0.29, 0.717) is 34.9 Å². The summed E-state index contributed by atoms with van der Waals surface area (Å²) in [7, 11) is 0. The van der Waals surface area contributed by atoms with Crippen LogP contribution in [0.25, 0.3) is 234 Å². The molecule has 0 aliphatic heterocycles. The first kappa shape index (κ1) is 74.0. The molecule has 0 atom stereocenters. The van der Waals surface area contributed by atoms with Gasteiger partial charge in [-0.05, 0) is 129 Å². The van der Waals surface area contributed by atoms with Gasteiger partial charge < -0.3 is 9.13 Å². The van der Waals surface area contributed by atoms with E-state index in [0.717, 1.165) is 144 Å². The van der Waals surface area contributed by atoms with E-state index >= 15 is 0 Å². The molecule has 0 spiro atoms. The van der Waals surface area contributed by atoms with Crippen molar-refractivity contribution < 1.29 is 0 Å². The summed E-state index contributed by atoms with van der Waals surface area (Å²) in [4.78, 5) is 40.9. The fourth-order valence-corrected chi connectivity index (χ4v) is 18.1. The highest BCUT2D eigenvalue weighted by molar-refractivity contribution is 6.19. The second kappa shape index (κ2) is 31.8. The highest BCUT2D eigenvalue weighted by Gasteiger charge is 2.23. The predicted octanol–water partition coefficient (Wildman–Crippen LogP) is 29.3. The molecule has 24 aromatic rings. The maximum Gasteiger partial charge on any atom is 0.164 e. The van der Waals surface area contributed by atoms with Crippen molar-refractivity contribution in [1.82, 2.24) is 49.0 Å². The molecule has 0 radical (unpaired) electrons. The summed E-state index contributed by atoms with van der Waals surface area (Å²) in [6, 6.07) is 157. The third-order valence-corrected chi connectivity index (χ3v) is 24.1. The van der Waals surface area contributed by atoms with Crippen molar-refractivity contribution >= 4 is 87.0 Å². The fraction of sp³-hybridized carbons (Fsp3) is 0. The Morgan fingerprint density at radius 2 is 0.405 bits per heavy atom. The average molecular weight is 1610 g/mol. The number of rotatable bonds is 14. The van der Waals surface area contributed by atoms with Gasteiger partial charge in [-0.25, -0.2) is 39.9 Å². The zero-order valence-electron chi connectivity index (χ0n) is 68.2. The first-order valence-electron chi connectivity index (χ1n) is 42.4. The van der Waals surface area contributed by atoms with Gasteiger partial charge in [0.15, 0.2) is 34.9 Å². The summed E-state index contributed by atoms with van der Waals surface area (Å²) in [5.41, 5.74) is 27.5. The average Bonchev–Trinajstić information content (AvgIpc) is 1.17. The van der Waals surface area contributed by atoms with Crippen LogP contribution in [-0.4, -0.2) is 49.0 Å². The van der Waals surface area contributed by atoms with Crippen molar-refractivity contribution in [1.29, 1.82) is 0 Å². The molecule has 10 heteroatoms. The molecule has 0 fully saturated rings. The van der Waals surface area contributed by atoms with Gasteiger partial charge in [-0.15, -0.1) is 0 Å². The van der Waals surface area contributed by atoms with Gasteiger partial charge in [-0.2, -0.15) is 0 Å². The lowest BCUT2D eigenvalue weighted by Gasteiger charge is -2.14. The summed E-state index contributed by atoms with van der Waals surface area (Å²) < 4.78 is 4.65. The minimum absolute atomic E-state index is 0.615. The predicted molar refractivity (Wildman–Crippen MR) is 519 cm³/mol. The molecule has 6 aromatic heterocycles. The number of aromatic nitrogens is 10. The highest BCUT2D eigenvalue weighted by Crippen LogP contribution is 2.44. The Morgan fingerprint density at radius 1 is 0.143 bits per heavy atom.